The highest BCUT2D eigenvalue weighted by Crippen LogP contribution is 2.32. The molecule has 0 spiro atoms. The first-order chi connectivity index (χ1) is 14.4. The molecule has 0 unspecified atom stereocenters. The second-order valence-electron chi connectivity index (χ2n) is 7.36. The van der Waals surface area contributed by atoms with Crippen LogP contribution in [0, 0.1) is 13.8 Å². The van der Waals surface area contributed by atoms with Gasteiger partial charge in [0.25, 0.3) is 5.91 Å². The molecule has 4 rings (SSSR count). The number of rotatable bonds is 6. The lowest BCUT2D eigenvalue weighted by Gasteiger charge is -2.13. The number of nitrogens with one attached hydrogen (secondary N) is 1. The lowest BCUT2D eigenvalue weighted by molar-refractivity contribution is -0.154. The van der Waals surface area contributed by atoms with Gasteiger partial charge < -0.3 is 23.9 Å². The summed E-state index contributed by atoms with van der Waals surface area (Å²) in [7, 11) is 0. The minimum Gasteiger partial charge on any atom is -0.464 e. The summed E-state index contributed by atoms with van der Waals surface area (Å²) < 4.78 is 21.5. The van der Waals surface area contributed by atoms with Crippen molar-refractivity contribution in [3.63, 3.8) is 0 Å². The van der Waals surface area contributed by atoms with Gasteiger partial charge in [0, 0.05) is 17.5 Å². The molecule has 7 nitrogen and oxygen atoms in total. The van der Waals surface area contributed by atoms with Crippen molar-refractivity contribution in [2.75, 3.05) is 6.79 Å². The van der Waals surface area contributed by atoms with Crippen LogP contribution in [-0.2, 0) is 27.3 Å². The third-order valence-corrected chi connectivity index (χ3v) is 5.26. The Balaban J connectivity index is 1.32. The molecule has 0 aliphatic carbocycles. The van der Waals surface area contributed by atoms with Crippen molar-refractivity contribution < 1.29 is 28.2 Å². The van der Waals surface area contributed by atoms with Crippen LogP contribution >= 0.6 is 0 Å². The zero-order chi connectivity index (χ0) is 21.3. The molecule has 30 heavy (non-hydrogen) atoms. The van der Waals surface area contributed by atoms with Crippen LogP contribution in [0.1, 0.15) is 29.2 Å². The number of ether oxygens (including phenoxy) is 3. The van der Waals surface area contributed by atoms with Crippen molar-refractivity contribution in [2.45, 2.75) is 39.8 Å². The molecule has 1 aliphatic heterocycles. The predicted octanol–water partition coefficient (Wildman–Crippen LogP) is 3.57. The van der Waals surface area contributed by atoms with Crippen molar-refractivity contribution >= 4 is 22.8 Å². The summed E-state index contributed by atoms with van der Waals surface area (Å²) in [6, 6.07) is 9.39. The van der Waals surface area contributed by atoms with Gasteiger partial charge in [-0.05, 0) is 49.6 Å². The topological polar surface area (TPSA) is 87.0 Å². The lowest BCUT2D eigenvalue weighted by atomic mass is 10.0. The van der Waals surface area contributed by atoms with E-state index in [9.17, 15) is 9.59 Å². The molecule has 7 heteroatoms. The van der Waals surface area contributed by atoms with Crippen molar-refractivity contribution in [2.24, 2.45) is 0 Å². The van der Waals surface area contributed by atoms with E-state index in [-0.39, 0.29) is 19.1 Å². The molecule has 1 N–H and O–H groups in total. The summed E-state index contributed by atoms with van der Waals surface area (Å²) >= 11 is 0. The first kappa shape index (κ1) is 19.8. The molecule has 0 bridgehead atoms. The van der Waals surface area contributed by atoms with Gasteiger partial charge in [-0.3, -0.25) is 9.59 Å². The minimum atomic E-state index is -0.909. The quantitative estimate of drug-likeness (QED) is 0.627. The van der Waals surface area contributed by atoms with Crippen LogP contribution in [0.2, 0.25) is 0 Å². The highest BCUT2D eigenvalue weighted by Gasteiger charge is 2.20. The highest BCUT2D eigenvalue weighted by atomic mass is 16.7. The van der Waals surface area contributed by atoms with Crippen molar-refractivity contribution in [3.05, 3.63) is 58.8 Å². The number of benzene rings is 2. The molecule has 1 atom stereocenters. The third kappa shape index (κ3) is 3.96. The van der Waals surface area contributed by atoms with Crippen LogP contribution < -0.4 is 14.8 Å². The molecule has 1 aromatic heterocycles. The van der Waals surface area contributed by atoms with Gasteiger partial charge >= 0.3 is 5.97 Å². The van der Waals surface area contributed by atoms with Crippen LogP contribution in [0.3, 0.4) is 0 Å². The van der Waals surface area contributed by atoms with Gasteiger partial charge in [-0.15, -0.1) is 0 Å². The second-order valence-corrected chi connectivity index (χ2v) is 7.36. The Bertz CT molecular complexity index is 1120. The lowest BCUT2D eigenvalue weighted by Crippen LogP contribution is -2.35. The maximum atomic E-state index is 12.3. The molecule has 0 saturated heterocycles. The Kier molecular flexibility index (Phi) is 5.35. The van der Waals surface area contributed by atoms with Crippen LogP contribution in [-0.4, -0.2) is 24.8 Å². The van der Waals surface area contributed by atoms with E-state index >= 15 is 0 Å². The van der Waals surface area contributed by atoms with Gasteiger partial charge in [0.1, 0.15) is 5.58 Å². The van der Waals surface area contributed by atoms with E-state index in [1.165, 1.54) is 0 Å². The van der Waals surface area contributed by atoms with Crippen LogP contribution in [0.25, 0.3) is 11.0 Å². The average molecular weight is 409 g/mol. The van der Waals surface area contributed by atoms with Crippen molar-refractivity contribution in [3.8, 4) is 11.5 Å². The Labute approximate surface area is 173 Å². The summed E-state index contributed by atoms with van der Waals surface area (Å²) in [4.78, 5) is 24.7. The molecule has 2 aromatic carbocycles. The standard InChI is InChI=1S/C23H23NO6/c1-13-4-6-18-17(11-27-22(18)14(13)2)9-21(25)30-15(3)23(26)24-10-16-5-7-19-20(8-16)29-12-28-19/h4-8,11,15H,9-10,12H2,1-3H3,(H,24,26)/t15-/m1/s1. The molecule has 0 saturated carbocycles. The number of hydrogen-bond donors (Lipinski definition) is 1. The number of carbonyl (C=O) groups is 2. The number of aryl methyl sites for hydroxylation is 2. The first-order valence-electron chi connectivity index (χ1n) is 9.74. The largest absolute Gasteiger partial charge is 0.464 e. The molecule has 0 radical (unpaired) electrons. The van der Waals surface area contributed by atoms with Crippen LogP contribution in [0.5, 0.6) is 11.5 Å². The molecular weight excluding hydrogens is 386 g/mol. The summed E-state index contributed by atoms with van der Waals surface area (Å²) in [5, 5.41) is 3.65. The van der Waals surface area contributed by atoms with E-state index in [0.717, 1.165) is 33.2 Å². The second kappa shape index (κ2) is 8.10. The zero-order valence-corrected chi connectivity index (χ0v) is 17.1. The summed E-state index contributed by atoms with van der Waals surface area (Å²) in [5.74, 6) is 0.481. The van der Waals surface area contributed by atoms with Gasteiger partial charge in [0.05, 0.1) is 12.7 Å². The monoisotopic (exact) mass is 409 g/mol. The summed E-state index contributed by atoms with van der Waals surface area (Å²) in [5.41, 5.74) is 4.54. The molecule has 3 aromatic rings. The SMILES string of the molecule is Cc1ccc2c(CC(=O)O[C@H](C)C(=O)NCc3ccc4c(c3)OCO4)coc2c1C. The minimum absolute atomic E-state index is 0.0370. The number of fused-ring (bicyclic) bond motifs is 2. The van der Waals surface area contributed by atoms with E-state index in [4.69, 9.17) is 18.6 Å². The highest BCUT2D eigenvalue weighted by molar-refractivity contribution is 5.89. The number of carbonyl (C=O) groups excluding carboxylic acids is 2. The first-order valence-corrected chi connectivity index (χ1v) is 9.74. The maximum absolute atomic E-state index is 12.3. The molecular formula is C23H23NO6. The van der Waals surface area contributed by atoms with Gasteiger partial charge in [-0.1, -0.05) is 18.2 Å². The Hall–Kier alpha value is -3.48. The van der Waals surface area contributed by atoms with E-state index in [0.29, 0.717) is 18.0 Å². The summed E-state index contributed by atoms with van der Waals surface area (Å²) in [6.07, 6.45) is 0.700. The number of furan rings is 1. The van der Waals surface area contributed by atoms with Gasteiger partial charge in [0.2, 0.25) is 6.79 Å². The van der Waals surface area contributed by atoms with E-state index < -0.39 is 12.1 Å². The average Bonchev–Trinajstić information content (AvgIpc) is 3.35. The maximum Gasteiger partial charge on any atom is 0.311 e. The van der Waals surface area contributed by atoms with Crippen molar-refractivity contribution in [1.29, 1.82) is 0 Å². The normalized spacial score (nSPS) is 13.3. The van der Waals surface area contributed by atoms with Gasteiger partial charge in [-0.2, -0.15) is 0 Å². The van der Waals surface area contributed by atoms with Crippen LogP contribution in [0.15, 0.2) is 41.0 Å². The number of amides is 1. The van der Waals surface area contributed by atoms with E-state index in [2.05, 4.69) is 5.32 Å². The molecule has 0 fully saturated rings. The predicted molar refractivity (Wildman–Crippen MR) is 109 cm³/mol. The molecule has 1 aliphatic rings. The zero-order valence-electron chi connectivity index (χ0n) is 17.1. The molecule has 156 valence electrons. The Morgan fingerprint density at radius 3 is 2.77 bits per heavy atom. The fraction of sp³-hybridized carbons (Fsp3) is 0.304. The Morgan fingerprint density at radius 2 is 1.93 bits per heavy atom. The van der Waals surface area contributed by atoms with E-state index in [1.54, 1.807) is 19.3 Å². The van der Waals surface area contributed by atoms with Crippen LogP contribution in [0.4, 0.5) is 0 Å². The molecule has 1 amide bonds. The Morgan fingerprint density at radius 1 is 1.13 bits per heavy atom. The molecule has 2 heterocycles. The smallest absolute Gasteiger partial charge is 0.311 e. The fourth-order valence-electron chi connectivity index (χ4n) is 3.36. The summed E-state index contributed by atoms with van der Waals surface area (Å²) in [6.45, 7) is 6.03. The van der Waals surface area contributed by atoms with Gasteiger partial charge in [0.15, 0.2) is 17.6 Å². The number of hydrogen-bond acceptors (Lipinski definition) is 6. The fourth-order valence-corrected chi connectivity index (χ4v) is 3.36. The van der Waals surface area contributed by atoms with E-state index in [1.807, 2.05) is 38.1 Å². The van der Waals surface area contributed by atoms with Crippen molar-refractivity contribution in [1.82, 2.24) is 5.32 Å². The number of esters is 1. The third-order valence-electron chi connectivity index (χ3n) is 5.26. The van der Waals surface area contributed by atoms with Gasteiger partial charge in [-0.25, -0.2) is 0 Å².